The van der Waals surface area contributed by atoms with E-state index in [4.69, 9.17) is 34.5 Å². The zero-order chi connectivity index (χ0) is 15.9. The lowest BCUT2D eigenvalue weighted by atomic mass is 10.1. The highest BCUT2D eigenvalue weighted by molar-refractivity contribution is 7.80. The minimum absolute atomic E-state index is 0.454. The van der Waals surface area contributed by atoms with Crippen LogP contribution in [0.4, 0.5) is 0 Å². The Morgan fingerprint density at radius 3 is 2.73 bits per heavy atom. The number of halogens is 1. The zero-order valence-corrected chi connectivity index (χ0v) is 14.0. The molecule has 0 saturated carbocycles. The Morgan fingerprint density at radius 1 is 1.27 bits per heavy atom. The van der Waals surface area contributed by atoms with E-state index in [9.17, 15) is 0 Å². The fourth-order valence-electron chi connectivity index (χ4n) is 2.56. The van der Waals surface area contributed by atoms with Crippen molar-refractivity contribution in [3.63, 3.8) is 0 Å². The van der Waals surface area contributed by atoms with Crippen molar-refractivity contribution in [1.29, 1.82) is 0 Å². The van der Waals surface area contributed by atoms with Crippen LogP contribution in [0.5, 0.6) is 0 Å². The van der Waals surface area contributed by atoms with Gasteiger partial charge in [0.15, 0.2) is 0 Å². The maximum Gasteiger partial charge on any atom is 0.137 e. The number of hydrogen-bond acceptors (Lipinski definition) is 2. The van der Waals surface area contributed by atoms with Gasteiger partial charge in [0.25, 0.3) is 0 Å². The molecule has 0 bridgehead atoms. The van der Waals surface area contributed by atoms with Crippen molar-refractivity contribution in [2.24, 2.45) is 5.73 Å². The lowest BCUT2D eigenvalue weighted by molar-refractivity contribution is 1.06. The summed E-state index contributed by atoms with van der Waals surface area (Å²) in [6, 6.07) is 9.97. The molecule has 0 radical (unpaired) electrons. The Labute approximate surface area is 139 Å². The number of nitrogens with zero attached hydrogens (tertiary/aromatic N) is 2. The lowest BCUT2D eigenvalue weighted by Gasteiger charge is -2.06. The summed E-state index contributed by atoms with van der Waals surface area (Å²) in [5, 5.41) is 0.749. The van der Waals surface area contributed by atoms with Crippen molar-refractivity contribution in [1.82, 2.24) is 9.38 Å². The van der Waals surface area contributed by atoms with Crippen molar-refractivity contribution >= 4 is 34.5 Å². The first-order chi connectivity index (χ1) is 10.5. The molecule has 3 aromatic rings. The topological polar surface area (TPSA) is 43.3 Å². The van der Waals surface area contributed by atoms with E-state index in [0.29, 0.717) is 11.4 Å². The van der Waals surface area contributed by atoms with Gasteiger partial charge in [0.1, 0.15) is 5.65 Å². The highest BCUT2D eigenvalue weighted by Gasteiger charge is 2.15. The molecule has 3 rings (SSSR count). The van der Waals surface area contributed by atoms with Crippen molar-refractivity contribution < 1.29 is 0 Å². The smallest absolute Gasteiger partial charge is 0.137 e. The van der Waals surface area contributed by atoms with Crippen LogP contribution in [-0.2, 0) is 6.42 Å². The second-order valence-corrected chi connectivity index (χ2v) is 6.38. The van der Waals surface area contributed by atoms with Gasteiger partial charge in [-0.25, -0.2) is 4.98 Å². The largest absolute Gasteiger partial charge is 0.393 e. The fraction of sp³-hybridized carbons (Fsp3) is 0.176. The van der Waals surface area contributed by atoms with Gasteiger partial charge in [-0.15, -0.1) is 0 Å². The third kappa shape index (κ3) is 2.72. The molecular formula is C17H16ClN3S. The molecule has 1 aromatic carbocycles. The molecule has 0 aliphatic heterocycles. The number of fused-ring (bicyclic) bond motifs is 1. The molecule has 0 saturated heterocycles. The minimum atomic E-state index is 0.454. The van der Waals surface area contributed by atoms with Crippen LogP contribution in [-0.4, -0.2) is 14.4 Å². The molecule has 0 fully saturated rings. The second-order valence-electron chi connectivity index (χ2n) is 5.45. The number of imidazole rings is 1. The summed E-state index contributed by atoms with van der Waals surface area (Å²) in [6.07, 6.45) is 2.57. The molecule has 0 spiro atoms. The van der Waals surface area contributed by atoms with E-state index >= 15 is 0 Å². The van der Waals surface area contributed by atoms with E-state index in [-0.39, 0.29) is 0 Å². The highest BCUT2D eigenvalue weighted by Crippen LogP contribution is 2.28. The molecule has 2 N–H and O–H groups in total. The first-order valence-corrected chi connectivity index (χ1v) is 7.77. The Kier molecular flexibility index (Phi) is 3.89. The van der Waals surface area contributed by atoms with E-state index in [1.807, 2.05) is 37.3 Å². The Morgan fingerprint density at radius 2 is 2.05 bits per heavy atom. The number of aryl methyl sites for hydroxylation is 2. The minimum Gasteiger partial charge on any atom is -0.393 e. The third-order valence-electron chi connectivity index (χ3n) is 3.64. The quantitative estimate of drug-likeness (QED) is 0.736. The Hall–Kier alpha value is -1.91. The van der Waals surface area contributed by atoms with E-state index in [0.717, 1.165) is 38.7 Å². The summed E-state index contributed by atoms with van der Waals surface area (Å²) >= 11 is 11.2. The van der Waals surface area contributed by atoms with Gasteiger partial charge in [0.05, 0.1) is 16.4 Å². The molecule has 5 heteroatoms. The molecule has 2 heterocycles. The monoisotopic (exact) mass is 329 g/mol. The third-order valence-corrected chi connectivity index (χ3v) is 4.21. The summed E-state index contributed by atoms with van der Waals surface area (Å²) in [5.41, 5.74) is 11.8. The van der Waals surface area contributed by atoms with Crippen LogP contribution in [0.2, 0.25) is 5.02 Å². The summed E-state index contributed by atoms with van der Waals surface area (Å²) < 4.78 is 2.06. The molecule has 22 heavy (non-hydrogen) atoms. The van der Waals surface area contributed by atoms with Gasteiger partial charge in [-0.3, -0.25) is 0 Å². The maximum atomic E-state index is 6.13. The number of hydrogen-bond donors (Lipinski definition) is 1. The average Bonchev–Trinajstić information content (AvgIpc) is 2.79. The van der Waals surface area contributed by atoms with Gasteiger partial charge in [-0.2, -0.15) is 0 Å². The maximum absolute atomic E-state index is 6.13. The predicted molar refractivity (Wildman–Crippen MR) is 95.6 cm³/mol. The summed E-state index contributed by atoms with van der Waals surface area (Å²) in [5.74, 6) is 0. The Bertz CT molecular complexity index is 883. The SMILES string of the molecule is Cc1ccc2nc(-c3ccc(Cl)c(C)c3)c(CC(N)=S)n2c1. The zero-order valence-electron chi connectivity index (χ0n) is 12.4. The van der Waals surface area contributed by atoms with Crippen molar-refractivity contribution in [3.8, 4) is 11.3 Å². The number of benzene rings is 1. The van der Waals surface area contributed by atoms with Gasteiger partial charge >= 0.3 is 0 Å². The summed E-state index contributed by atoms with van der Waals surface area (Å²) in [6.45, 7) is 4.04. The number of rotatable bonds is 3. The van der Waals surface area contributed by atoms with Crippen LogP contribution in [0.1, 0.15) is 16.8 Å². The van der Waals surface area contributed by atoms with Crippen molar-refractivity contribution in [2.45, 2.75) is 20.3 Å². The standard InChI is InChI=1S/C17H16ClN3S/c1-10-3-6-16-20-17(12-4-5-13(18)11(2)7-12)14(8-15(19)22)21(16)9-10/h3-7,9H,8H2,1-2H3,(H2,19,22). The fourth-order valence-corrected chi connectivity index (χ4v) is 2.81. The first kappa shape index (κ1) is 15.0. The van der Waals surface area contributed by atoms with Gasteiger partial charge in [-0.1, -0.05) is 36.0 Å². The van der Waals surface area contributed by atoms with E-state index < -0.39 is 0 Å². The second kappa shape index (κ2) is 5.71. The predicted octanol–water partition coefficient (Wildman–Crippen LogP) is 4.10. The molecule has 0 aliphatic rings. The molecule has 0 aliphatic carbocycles. The number of pyridine rings is 1. The van der Waals surface area contributed by atoms with Crippen LogP contribution in [0, 0.1) is 13.8 Å². The summed E-state index contributed by atoms with van der Waals surface area (Å²) in [4.78, 5) is 5.21. The van der Waals surface area contributed by atoms with Crippen molar-refractivity contribution in [2.75, 3.05) is 0 Å². The van der Waals surface area contributed by atoms with E-state index in [2.05, 4.69) is 17.5 Å². The van der Waals surface area contributed by atoms with Crippen LogP contribution < -0.4 is 5.73 Å². The normalized spacial score (nSPS) is 11.0. The molecule has 0 unspecified atom stereocenters. The lowest BCUT2D eigenvalue weighted by Crippen LogP contribution is -2.13. The Balaban J connectivity index is 2.27. The molecule has 0 atom stereocenters. The first-order valence-electron chi connectivity index (χ1n) is 6.98. The van der Waals surface area contributed by atoms with Crippen LogP contribution in [0.3, 0.4) is 0 Å². The number of thiocarbonyl (C=S) groups is 1. The molecule has 2 aromatic heterocycles. The molecule has 0 amide bonds. The van der Waals surface area contributed by atoms with Gasteiger partial charge < -0.3 is 10.1 Å². The number of nitrogens with two attached hydrogens (primary N) is 1. The van der Waals surface area contributed by atoms with Gasteiger partial charge in [-0.05, 0) is 43.2 Å². The van der Waals surface area contributed by atoms with E-state index in [1.165, 1.54) is 0 Å². The van der Waals surface area contributed by atoms with Crippen LogP contribution >= 0.6 is 23.8 Å². The van der Waals surface area contributed by atoms with Crippen LogP contribution in [0.25, 0.3) is 16.9 Å². The highest BCUT2D eigenvalue weighted by atomic mass is 35.5. The van der Waals surface area contributed by atoms with Crippen LogP contribution in [0.15, 0.2) is 36.5 Å². The van der Waals surface area contributed by atoms with Crippen molar-refractivity contribution in [3.05, 3.63) is 58.4 Å². The van der Waals surface area contributed by atoms with Gasteiger partial charge in [0, 0.05) is 23.2 Å². The molecular weight excluding hydrogens is 314 g/mol. The summed E-state index contributed by atoms with van der Waals surface area (Å²) in [7, 11) is 0. The average molecular weight is 330 g/mol. The van der Waals surface area contributed by atoms with Gasteiger partial charge in [0.2, 0.25) is 0 Å². The molecule has 112 valence electrons. The number of aromatic nitrogens is 2. The van der Waals surface area contributed by atoms with E-state index in [1.54, 1.807) is 0 Å². The molecule has 3 nitrogen and oxygen atoms in total.